The van der Waals surface area contributed by atoms with Gasteiger partial charge in [0.15, 0.2) is 0 Å². The van der Waals surface area contributed by atoms with Crippen molar-refractivity contribution in [3.8, 4) is 0 Å². The molecule has 1 spiro atoms. The summed E-state index contributed by atoms with van der Waals surface area (Å²) in [5.41, 5.74) is -0.451. The number of alkyl halides is 2. The number of hydrogen-bond acceptors (Lipinski definition) is 3. The van der Waals surface area contributed by atoms with Gasteiger partial charge >= 0.3 is 12.0 Å². The molecule has 5 nitrogen and oxygen atoms in total. The Balaban J connectivity index is 1.41. The van der Waals surface area contributed by atoms with Gasteiger partial charge in [-0.25, -0.2) is 8.78 Å². The van der Waals surface area contributed by atoms with E-state index >= 15 is 0 Å². The van der Waals surface area contributed by atoms with Crippen LogP contribution in [0.5, 0.6) is 0 Å². The molecule has 0 N–H and O–H groups in total. The zero-order valence-electron chi connectivity index (χ0n) is 17.2. The predicted molar refractivity (Wildman–Crippen MR) is 108 cm³/mol. The van der Waals surface area contributed by atoms with Gasteiger partial charge in [-0.1, -0.05) is 12.1 Å². The van der Waals surface area contributed by atoms with Crippen LogP contribution in [0.25, 0.3) is 0 Å². The quantitative estimate of drug-likeness (QED) is 0.664. The number of hydrogen-bond donors (Lipinski definition) is 0. The molecule has 2 aromatic carbocycles. The summed E-state index contributed by atoms with van der Waals surface area (Å²) < 4.78 is 60.4. The standard InChI is InChI=1S/C23H22F4N2O3/c24-17-5-7-19(8-6-17)29-15-22(32-23(26,27)21(29)31)10-12-28(13-11-22)20(30)9-4-16-2-1-3-18(25)14-16/h1-3,5-8,14H,4,9-13,15H2. The van der Waals surface area contributed by atoms with Crippen LogP contribution in [0.1, 0.15) is 24.8 Å². The maximum Gasteiger partial charge on any atom is 0.437 e. The third kappa shape index (κ3) is 4.62. The summed E-state index contributed by atoms with van der Waals surface area (Å²) in [6.45, 7) is 0.283. The second-order valence-corrected chi connectivity index (χ2v) is 8.18. The number of rotatable bonds is 4. The van der Waals surface area contributed by atoms with Gasteiger partial charge < -0.3 is 14.5 Å². The minimum Gasteiger partial charge on any atom is -0.342 e. The highest BCUT2D eigenvalue weighted by molar-refractivity contribution is 5.98. The number of ether oxygens (including phenoxy) is 1. The topological polar surface area (TPSA) is 49.9 Å². The molecule has 0 saturated carbocycles. The Morgan fingerprint density at radius 3 is 2.34 bits per heavy atom. The predicted octanol–water partition coefficient (Wildman–Crippen LogP) is 3.91. The minimum atomic E-state index is -4.02. The van der Waals surface area contributed by atoms with Crippen molar-refractivity contribution in [2.45, 2.75) is 37.4 Å². The number of carbonyl (C=O) groups excluding carboxylic acids is 2. The van der Waals surface area contributed by atoms with Crippen molar-refractivity contribution >= 4 is 17.5 Å². The molecule has 2 heterocycles. The SMILES string of the molecule is O=C(CCc1cccc(F)c1)N1CCC2(CC1)CN(c1ccc(F)cc1)C(=O)C(F)(F)O2. The molecule has 32 heavy (non-hydrogen) atoms. The number of likely N-dealkylation sites (tertiary alicyclic amines) is 1. The van der Waals surface area contributed by atoms with E-state index < -0.39 is 23.4 Å². The van der Waals surface area contributed by atoms with Crippen LogP contribution in [0, 0.1) is 11.6 Å². The molecular weight excluding hydrogens is 428 g/mol. The van der Waals surface area contributed by atoms with E-state index in [1.807, 2.05) is 0 Å². The van der Waals surface area contributed by atoms with Crippen molar-refractivity contribution in [3.63, 3.8) is 0 Å². The van der Waals surface area contributed by atoms with E-state index in [9.17, 15) is 27.2 Å². The highest BCUT2D eigenvalue weighted by Gasteiger charge is 2.57. The van der Waals surface area contributed by atoms with Gasteiger partial charge in [-0.3, -0.25) is 9.59 Å². The number of piperidine rings is 1. The lowest BCUT2D eigenvalue weighted by atomic mass is 9.88. The highest BCUT2D eigenvalue weighted by atomic mass is 19.3. The monoisotopic (exact) mass is 450 g/mol. The van der Waals surface area contributed by atoms with Gasteiger partial charge in [0.05, 0.1) is 12.1 Å². The molecule has 2 saturated heterocycles. The molecule has 0 bridgehead atoms. The number of anilines is 1. The number of aryl methyl sites for hydroxylation is 1. The average molecular weight is 450 g/mol. The Hall–Kier alpha value is -2.94. The molecule has 9 heteroatoms. The largest absolute Gasteiger partial charge is 0.437 e. The van der Waals surface area contributed by atoms with E-state index in [1.165, 1.54) is 24.3 Å². The van der Waals surface area contributed by atoms with Crippen LogP contribution in [0.2, 0.25) is 0 Å². The van der Waals surface area contributed by atoms with E-state index in [4.69, 9.17) is 4.74 Å². The first-order chi connectivity index (χ1) is 15.2. The molecule has 2 aliphatic rings. The number of amides is 2. The van der Waals surface area contributed by atoms with Gasteiger partial charge in [0.1, 0.15) is 11.6 Å². The van der Waals surface area contributed by atoms with E-state index in [2.05, 4.69) is 0 Å². The molecule has 4 rings (SSSR count). The fraction of sp³-hybridized carbons (Fsp3) is 0.391. The summed E-state index contributed by atoms with van der Waals surface area (Å²) >= 11 is 0. The van der Waals surface area contributed by atoms with E-state index in [1.54, 1.807) is 17.0 Å². The number of benzene rings is 2. The Morgan fingerprint density at radius 1 is 1.00 bits per heavy atom. The van der Waals surface area contributed by atoms with Crippen LogP contribution in [-0.4, -0.2) is 48.1 Å². The van der Waals surface area contributed by atoms with Crippen LogP contribution in [-0.2, 0) is 20.7 Å². The molecule has 2 aromatic rings. The summed E-state index contributed by atoms with van der Waals surface area (Å²) in [4.78, 5) is 27.3. The molecule has 0 radical (unpaired) electrons. The molecule has 2 fully saturated rings. The summed E-state index contributed by atoms with van der Waals surface area (Å²) in [5, 5.41) is 0. The third-order valence-corrected chi connectivity index (χ3v) is 5.97. The van der Waals surface area contributed by atoms with Crippen molar-refractivity contribution in [3.05, 3.63) is 65.7 Å². The van der Waals surface area contributed by atoms with Gasteiger partial charge in [0, 0.05) is 25.2 Å². The third-order valence-electron chi connectivity index (χ3n) is 5.97. The number of halogens is 4. The summed E-state index contributed by atoms with van der Waals surface area (Å²) in [5.74, 6) is -2.56. The minimum absolute atomic E-state index is 0.113. The van der Waals surface area contributed by atoms with Gasteiger partial charge in [-0.2, -0.15) is 8.78 Å². The second kappa shape index (κ2) is 8.54. The van der Waals surface area contributed by atoms with Crippen molar-refractivity contribution in [1.82, 2.24) is 4.90 Å². The van der Waals surface area contributed by atoms with Crippen LogP contribution >= 0.6 is 0 Å². The highest BCUT2D eigenvalue weighted by Crippen LogP contribution is 2.40. The van der Waals surface area contributed by atoms with Gasteiger partial charge in [0.25, 0.3) is 0 Å². The van der Waals surface area contributed by atoms with Gasteiger partial charge in [-0.15, -0.1) is 0 Å². The first kappa shape index (κ1) is 22.3. The van der Waals surface area contributed by atoms with Gasteiger partial charge in [-0.05, 0) is 61.2 Å². The van der Waals surface area contributed by atoms with Crippen molar-refractivity contribution in [2.75, 3.05) is 24.5 Å². The van der Waals surface area contributed by atoms with Gasteiger partial charge in [0.2, 0.25) is 5.91 Å². The lowest BCUT2D eigenvalue weighted by Gasteiger charge is -2.48. The first-order valence-electron chi connectivity index (χ1n) is 10.4. The molecule has 0 atom stereocenters. The van der Waals surface area contributed by atoms with Crippen molar-refractivity contribution in [1.29, 1.82) is 0 Å². The van der Waals surface area contributed by atoms with E-state index in [0.29, 0.717) is 12.0 Å². The van der Waals surface area contributed by atoms with E-state index in [-0.39, 0.29) is 56.3 Å². The maximum absolute atomic E-state index is 14.4. The van der Waals surface area contributed by atoms with Crippen molar-refractivity contribution in [2.24, 2.45) is 0 Å². The Labute approximate surface area is 182 Å². The molecule has 0 aromatic heterocycles. The van der Waals surface area contributed by atoms with Crippen molar-refractivity contribution < 1.29 is 31.9 Å². The zero-order chi connectivity index (χ0) is 22.9. The summed E-state index contributed by atoms with van der Waals surface area (Å²) in [6, 6.07) is 10.8. The lowest BCUT2D eigenvalue weighted by Crippen LogP contribution is -2.65. The van der Waals surface area contributed by atoms with Crippen LogP contribution in [0.4, 0.5) is 23.2 Å². The molecular formula is C23H22F4N2O3. The Kier molecular flexibility index (Phi) is 5.94. The molecule has 170 valence electrons. The average Bonchev–Trinajstić information content (AvgIpc) is 2.76. The number of morpholine rings is 1. The Morgan fingerprint density at radius 2 is 1.69 bits per heavy atom. The van der Waals surface area contributed by atoms with Crippen LogP contribution < -0.4 is 4.90 Å². The first-order valence-corrected chi connectivity index (χ1v) is 10.4. The number of carbonyl (C=O) groups is 2. The van der Waals surface area contributed by atoms with Crippen LogP contribution in [0.3, 0.4) is 0 Å². The molecule has 0 aliphatic carbocycles. The van der Waals surface area contributed by atoms with Crippen LogP contribution in [0.15, 0.2) is 48.5 Å². The lowest BCUT2D eigenvalue weighted by molar-refractivity contribution is -0.292. The Bertz CT molecular complexity index is 1000. The normalized spacial score (nSPS) is 19.9. The molecule has 2 aliphatic heterocycles. The summed E-state index contributed by atoms with van der Waals surface area (Å²) in [6.07, 6.45) is -3.22. The van der Waals surface area contributed by atoms with E-state index in [0.717, 1.165) is 17.0 Å². The molecule has 2 amide bonds. The summed E-state index contributed by atoms with van der Waals surface area (Å²) in [7, 11) is 0. The fourth-order valence-corrected chi connectivity index (χ4v) is 4.22. The fourth-order valence-electron chi connectivity index (χ4n) is 4.22. The smallest absolute Gasteiger partial charge is 0.342 e. The molecule has 0 unspecified atom stereocenters. The number of nitrogens with zero attached hydrogens (tertiary/aromatic N) is 2. The zero-order valence-corrected chi connectivity index (χ0v) is 17.2. The maximum atomic E-state index is 14.4. The second-order valence-electron chi connectivity index (χ2n) is 8.18.